The Morgan fingerprint density at radius 2 is 2.38 bits per heavy atom. The van der Waals surface area contributed by atoms with E-state index in [2.05, 4.69) is 9.84 Å². The van der Waals surface area contributed by atoms with Crippen molar-refractivity contribution in [2.24, 2.45) is 0 Å². The van der Waals surface area contributed by atoms with Gasteiger partial charge in [0.15, 0.2) is 0 Å². The van der Waals surface area contributed by atoms with E-state index in [0.29, 0.717) is 16.5 Å². The average Bonchev–Trinajstić information content (AvgIpc) is 2.65. The molecule has 0 radical (unpaired) electrons. The third-order valence-corrected chi connectivity index (χ3v) is 2.19. The van der Waals surface area contributed by atoms with E-state index in [1.54, 1.807) is 18.2 Å². The molecular weight excluding hydrogens is 208 g/mol. The van der Waals surface area contributed by atoms with Gasteiger partial charge in [-0.15, -0.1) is 4.68 Å². The second-order valence-electron chi connectivity index (χ2n) is 3.11. The first kappa shape index (κ1) is 9.98. The second-order valence-corrected chi connectivity index (χ2v) is 3.11. The topological polar surface area (TPSA) is 93.9 Å². The van der Waals surface area contributed by atoms with E-state index in [-0.39, 0.29) is 5.82 Å². The summed E-state index contributed by atoms with van der Waals surface area (Å²) in [5, 5.41) is 13.3. The highest BCUT2D eigenvalue weighted by Crippen LogP contribution is 2.21. The van der Waals surface area contributed by atoms with Crippen molar-refractivity contribution in [1.29, 1.82) is 5.26 Å². The Balaban J connectivity index is 2.70. The smallest absolute Gasteiger partial charge is 0.436 e. The number of nitrogens with two attached hydrogens (primary N) is 1. The third-order valence-electron chi connectivity index (χ3n) is 2.19. The SMILES string of the molecule is COC(=O)n1nc2ccc(C#N)cc2c1N. The number of nitriles is 1. The molecule has 0 unspecified atom stereocenters. The lowest BCUT2D eigenvalue weighted by molar-refractivity contribution is 0.170. The molecule has 0 saturated heterocycles. The number of rotatable bonds is 0. The van der Waals surface area contributed by atoms with E-state index in [9.17, 15) is 4.79 Å². The second kappa shape index (κ2) is 3.55. The van der Waals surface area contributed by atoms with Crippen LogP contribution in [-0.4, -0.2) is 23.0 Å². The normalized spacial score (nSPS) is 10.0. The van der Waals surface area contributed by atoms with Crippen LogP contribution < -0.4 is 5.73 Å². The Morgan fingerprint density at radius 1 is 1.62 bits per heavy atom. The molecule has 2 rings (SSSR count). The summed E-state index contributed by atoms with van der Waals surface area (Å²) in [5.74, 6) is 0.166. The summed E-state index contributed by atoms with van der Waals surface area (Å²) < 4.78 is 5.48. The molecule has 16 heavy (non-hydrogen) atoms. The lowest BCUT2D eigenvalue weighted by Gasteiger charge is -1.98. The van der Waals surface area contributed by atoms with Crippen LogP contribution in [-0.2, 0) is 4.74 Å². The summed E-state index contributed by atoms with van der Waals surface area (Å²) in [5.41, 5.74) is 6.73. The van der Waals surface area contributed by atoms with Crippen molar-refractivity contribution in [3.63, 3.8) is 0 Å². The standard InChI is InChI=1S/C10H8N4O2/c1-16-10(15)14-9(12)7-4-6(5-11)2-3-8(7)13-14/h2-4H,12H2,1H3. The minimum atomic E-state index is -0.660. The summed E-state index contributed by atoms with van der Waals surface area (Å²) in [6, 6.07) is 6.81. The van der Waals surface area contributed by atoms with Crippen LogP contribution in [0.4, 0.5) is 10.6 Å². The van der Waals surface area contributed by atoms with Crippen molar-refractivity contribution in [3.05, 3.63) is 23.8 Å². The molecule has 0 amide bonds. The highest BCUT2D eigenvalue weighted by atomic mass is 16.5. The molecular formula is C10H8N4O2. The fourth-order valence-corrected chi connectivity index (χ4v) is 1.40. The zero-order chi connectivity index (χ0) is 11.7. The Morgan fingerprint density at radius 3 is 3.00 bits per heavy atom. The van der Waals surface area contributed by atoms with Gasteiger partial charge in [-0.05, 0) is 18.2 Å². The molecule has 0 aliphatic carbocycles. The van der Waals surface area contributed by atoms with Crippen molar-refractivity contribution >= 4 is 22.8 Å². The van der Waals surface area contributed by atoms with Crippen LogP contribution in [0.15, 0.2) is 18.2 Å². The van der Waals surface area contributed by atoms with Gasteiger partial charge in [0.2, 0.25) is 0 Å². The minimum Gasteiger partial charge on any atom is -0.451 e. The fraction of sp³-hybridized carbons (Fsp3) is 0.100. The number of carbonyl (C=O) groups is 1. The van der Waals surface area contributed by atoms with Crippen LogP contribution in [0.2, 0.25) is 0 Å². The summed E-state index contributed by atoms with van der Waals surface area (Å²) in [6.07, 6.45) is -0.660. The number of hydrogen-bond donors (Lipinski definition) is 1. The first-order valence-corrected chi connectivity index (χ1v) is 4.44. The van der Waals surface area contributed by atoms with Crippen molar-refractivity contribution in [2.75, 3.05) is 12.8 Å². The lowest BCUT2D eigenvalue weighted by Crippen LogP contribution is -2.15. The molecule has 0 aliphatic heterocycles. The molecule has 2 aromatic rings. The monoisotopic (exact) mass is 216 g/mol. The zero-order valence-corrected chi connectivity index (χ0v) is 8.47. The zero-order valence-electron chi connectivity index (χ0n) is 8.47. The van der Waals surface area contributed by atoms with E-state index >= 15 is 0 Å². The van der Waals surface area contributed by atoms with E-state index < -0.39 is 6.09 Å². The van der Waals surface area contributed by atoms with Gasteiger partial charge in [0.05, 0.1) is 24.3 Å². The van der Waals surface area contributed by atoms with E-state index in [1.807, 2.05) is 6.07 Å². The van der Waals surface area contributed by atoms with Gasteiger partial charge in [0, 0.05) is 5.39 Å². The average molecular weight is 216 g/mol. The summed E-state index contributed by atoms with van der Waals surface area (Å²) in [6.45, 7) is 0. The van der Waals surface area contributed by atoms with Gasteiger partial charge >= 0.3 is 6.09 Å². The van der Waals surface area contributed by atoms with Crippen LogP contribution in [0, 0.1) is 11.3 Å². The number of hydrogen-bond acceptors (Lipinski definition) is 5. The van der Waals surface area contributed by atoms with Crippen LogP contribution in [0.3, 0.4) is 0 Å². The van der Waals surface area contributed by atoms with Gasteiger partial charge in [-0.2, -0.15) is 10.4 Å². The first-order valence-electron chi connectivity index (χ1n) is 4.44. The highest BCUT2D eigenvalue weighted by Gasteiger charge is 2.14. The third kappa shape index (κ3) is 1.35. The van der Waals surface area contributed by atoms with E-state index in [0.717, 1.165) is 4.68 Å². The van der Waals surface area contributed by atoms with Crippen molar-refractivity contribution in [2.45, 2.75) is 0 Å². The number of benzene rings is 1. The molecule has 0 fully saturated rings. The molecule has 0 aliphatic rings. The number of nitrogen functional groups attached to an aromatic ring is 1. The van der Waals surface area contributed by atoms with Crippen LogP contribution in [0.1, 0.15) is 5.56 Å². The number of fused-ring (bicyclic) bond motifs is 1. The fourth-order valence-electron chi connectivity index (χ4n) is 1.40. The lowest BCUT2D eigenvalue weighted by atomic mass is 10.2. The summed E-state index contributed by atoms with van der Waals surface area (Å²) >= 11 is 0. The molecule has 0 atom stereocenters. The number of carbonyl (C=O) groups excluding carboxylic acids is 1. The Bertz CT molecular complexity index is 609. The maximum absolute atomic E-state index is 11.3. The Kier molecular flexibility index (Phi) is 2.21. The van der Waals surface area contributed by atoms with Gasteiger partial charge in [-0.25, -0.2) is 4.79 Å². The van der Waals surface area contributed by atoms with Crippen LogP contribution in [0.5, 0.6) is 0 Å². The molecule has 1 heterocycles. The molecule has 6 heteroatoms. The molecule has 0 bridgehead atoms. The maximum atomic E-state index is 11.3. The molecule has 0 spiro atoms. The molecule has 1 aromatic heterocycles. The van der Waals surface area contributed by atoms with Gasteiger partial charge in [-0.3, -0.25) is 0 Å². The molecule has 80 valence electrons. The summed E-state index contributed by atoms with van der Waals surface area (Å²) in [7, 11) is 1.24. The van der Waals surface area contributed by atoms with Gasteiger partial charge in [0.25, 0.3) is 0 Å². The van der Waals surface area contributed by atoms with Gasteiger partial charge in [0.1, 0.15) is 5.82 Å². The maximum Gasteiger partial charge on any atom is 0.436 e. The van der Waals surface area contributed by atoms with E-state index in [1.165, 1.54) is 7.11 Å². The van der Waals surface area contributed by atoms with E-state index in [4.69, 9.17) is 11.0 Å². The Labute approximate surface area is 90.8 Å². The number of methoxy groups -OCH3 is 1. The van der Waals surface area contributed by atoms with Gasteiger partial charge < -0.3 is 10.5 Å². The number of aromatic nitrogens is 2. The molecule has 1 aromatic carbocycles. The van der Waals surface area contributed by atoms with Crippen LogP contribution in [0.25, 0.3) is 10.9 Å². The quantitative estimate of drug-likeness (QED) is 0.711. The Hall–Kier alpha value is -2.55. The molecule has 2 N–H and O–H groups in total. The van der Waals surface area contributed by atoms with Crippen molar-refractivity contribution in [3.8, 4) is 6.07 Å². The predicted molar refractivity (Wildman–Crippen MR) is 56.7 cm³/mol. The number of anilines is 1. The van der Waals surface area contributed by atoms with Crippen LogP contribution >= 0.6 is 0 Å². The molecule has 6 nitrogen and oxygen atoms in total. The largest absolute Gasteiger partial charge is 0.451 e. The first-order chi connectivity index (χ1) is 7.67. The highest BCUT2D eigenvalue weighted by molar-refractivity contribution is 5.94. The number of ether oxygens (including phenoxy) is 1. The molecule has 0 saturated carbocycles. The van der Waals surface area contributed by atoms with Crippen molar-refractivity contribution in [1.82, 2.24) is 9.78 Å². The minimum absolute atomic E-state index is 0.166. The predicted octanol–water partition coefficient (Wildman–Crippen LogP) is 1.10. The van der Waals surface area contributed by atoms with Crippen molar-refractivity contribution < 1.29 is 9.53 Å². The summed E-state index contributed by atoms with van der Waals surface area (Å²) in [4.78, 5) is 11.3. The van der Waals surface area contributed by atoms with Gasteiger partial charge in [-0.1, -0.05) is 0 Å². The number of nitrogens with zero attached hydrogens (tertiary/aromatic N) is 3.